The average molecular weight is 290 g/mol. The summed E-state index contributed by atoms with van der Waals surface area (Å²) in [5.74, 6) is -0.669. The average Bonchev–Trinajstić information content (AvgIpc) is 2.46. The summed E-state index contributed by atoms with van der Waals surface area (Å²) in [7, 11) is 0. The molecule has 8 nitrogen and oxygen atoms in total. The fraction of sp³-hybridized carbons (Fsp3) is 0.308. The molecule has 0 amide bonds. The number of carbonyl (C=O) groups excluding carboxylic acids is 1. The van der Waals surface area contributed by atoms with Gasteiger partial charge < -0.3 is 4.74 Å². The Morgan fingerprint density at radius 2 is 2.10 bits per heavy atom. The lowest BCUT2D eigenvalue weighted by Gasteiger charge is -2.05. The molecule has 1 rings (SSSR count). The Labute approximate surface area is 121 Å². The standard InChI is InChI=1S/C13H14N4O4/c1-9(2)8-21-13(18)12(7-14)16-15-10-3-5-11(6-4-10)17(19)20/h3-6,9,15H,8H2,1-2H3/b16-12-. The number of benzene rings is 1. The first kappa shape index (κ1) is 16.1. The summed E-state index contributed by atoms with van der Waals surface area (Å²) in [6, 6.07) is 7.01. The maximum Gasteiger partial charge on any atom is 0.369 e. The van der Waals surface area contributed by atoms with Gasteiger partial charge in [0.2, 0.25) is 5.71 Å². The monoisotopic (exact) mass is 290 g/mol. The number of hydrazone groups is 1. The summed E-state index contributed by atoms with van der Waals surface area (Å²) >= 11 is 0. The van der Waals surface area contributed by atoms with Crippen LogP contribution in [-0.2, 0) is 9.53 Å². The quantitative estimate of drug-likeness (QED) is 0.371. The van der Waals surface area contributed by atoms with Crippen LogP contribution in [0.3, 0.4) is 0 Å². The Morgan fingerprint density at radius 1 is 1.48 bits per heavy atom. The van der Waals surface area contributed by atoms with Gasteiger partial charge in [-0.1, -0.05) is 13.8 Å². The highest BCUT2D eigenvalue weighted by atomic mass is 16.6. The first-order valence-corrected chi connectivity index (χ1v) is 6.09. The molecule has 110 valence electrons. The number of nitrogens with one attached hydrogen (secondary N) is 1. The molecule has 0 saturated carbocycles. The van der Waals surface area contributed by atoms with E-state index >= 15 is 0 Å². The summed E-state index contributed by atoms with van der Waals surface area (Å²) in [5, 5.41) is 23.0. The molecule has 0 unspecified atom stereocenters. The molecule has 0 aromatic heterocycles. The van der Waals surface area contributed by atoms with Crippen molar-refractivity contribution in [2.75, 3.05) is 12.0 Å². The van der Waals surface area contributed by atoms with Gasteiger partial charge in [-0.2, -0.15) is 10.4 Å². The number of hydrogen-bond acceptors (Lipinski definition) is 7. The molecule has 0 aliphatic rings. The lowest BCUT2D eigenvalue weighted by atomic mass is 10.2. The van der Waals surface area contributed by atoms with Crippen molar-refractivity contribution in [3.05, 3.63) is 34.4 Å². The number of carbonyl (C=O) groups is 1. The molecule has 0 aliphatic heterocycles. The van der Waals surface area contributed by atoms with E-state index in [2.05, 4.69) is 10.5 Å². The molecule has 0 aliphatic carbocycles. The Balaban J connectivity index is 2.70. The fourth-order valence-corrected chi connectivity index (χ4v) is 1.21. The lowest BCUT2D eigenvalue weighted by molar-refractivity contribution is -0.384. The third-order valence-electron chi connectivity index (χ3n) is 2.22. The zero-order valence-electron chi connectivity index (χ0n) is 11.6. The second-order valence-corrected chi connectivity index (χ2v) is 4.48. The fourth-order valence-electron chi connectivity index (χ4n) is 1.21. The highest BCUT2D eigenvalue weighted by molar-refractivity contribution is 6.43. The van der Waals surface area contributed by atoms with Gasteiger partial charge in [0, 0.05) is 12.1 Å². The number of rotatable bonds is 6. The minimum Gasteiger partial charge on any atom is -0.460 e. The minimum atomic E-state index is -0.819. The van der Waals surface area contributed by atoms with Gasteiger partial charge >= 0.3 is 5.97 Å². The minimum absolute atomic E-state index is 0.0682. The van der Waals surface area contributed by atoms with Crippen LogP contribution in [0.2, 0.25) is 0 Å². The highest BCUT2D eigenvalue weighted by Gasteiger charge is 2.13. The van der Waals surface area contributed by atoms with Crippen LogP contribution < -0.4 is 5.43 Å². The maximum absolute atomic E-state index is 11.5. The van der Waals surface area contributed by atoms with E-state index in [9.17, 15) is 14.9 Å². The van der Waals surface area contributed by atoms with Gasteiger partial charge in [-0.25, -0.2) is 4.79 Å². The van der Waals surface area contributed by atoms with Gasteiger partial charge in [0.1, 0.15) is 6.07 Å². The van der Waals surface area contributed by atoms with E-state index < -0.39 is 16.6 Å². The maximum atomic E-state index is 11.5. The van der Waals surface area contributed by atoms with E-state index in [4.69, 9.17) is 10.00 Å². The van der Waals surface area contributed by atoms with Gasteiger partial charge in [-0.3, -0.25) is 15.5 Å². The molecule has 0 atom stereocenters. The van der Waals surface area contributed by atoms with Gasteiger partial charge in [-0.15, -0.1) is 0 Å². The molecule has 1 N–H and O–H groups in total. The molecule has 21 heavy (non-hydrogen) atoms. The van der Waals surface area contributed by atoms with Crippen molar-refractivity contribution in [3.8, 4) is 6.07 Å². The molecule has 8 heteroatoms. The number of hydrogen-bond donors (Lipinski definition) is 1. The van der Waals surface area contributed by atoms with Crippen molar-refractivity contribution in [1.29, 1.82) is 5.26 Å². The Bertz CT molecular complexity index is 587. The zero-order valence-corrected chi connectivity index (χ0v) is 11.6. The predicted molar refractivity (Wildman–Crippen MR) is 75.6 cm³/mol. The third kappa shape index (κ3) is 5.28. The Kier molecular flexibility index (Phi) is 5.82. The Morgan fingerprint density at radius 3 is 2.57 bits per heavy atom. The second kappa shape index (κ2) is 7.59. The summed E-state index contributed by atoms with van der Waals surface area (Å²) in [4.78, 5) is 21.5. The number of anilines is 1. The van der Waals surface area contributed by atoms with E-state index in [1.807, 2.05) is 13.8 Å². The van der Waals surface area contributed by atoms with E-state index in [0.717, 1.165) is 0 Å². The molecule has 0 spiro atoms. The molecule has 0 radical (unpaired) electrons. The number of nitriles is 1. The van der Waals surface area contributed by atoms with Crippen LogP contribution in [-0.4, -0.2) is 23.2 Å². The number of ether oxygens (including phenoxy) is 1. The number of nitro benzene ring substituents is 1. The van der Waals surface area contributed by atoms with Crippen molar-refractivity contribution >= 4 is 23.1 Å². The van der Waals surface area contributed by atoms with Crippen molar-refractivity contribution in [2.45, 2.75) is 13.8 Å². The van der Waals surface area contributed by atoms with Crippen LogP contribution in [0.25, 0.3) is 0 Å². The number of non-ortho nitro benzene ring substituents is 1. The predicted octanol–water partition coefficient (Wildman–Crippen LogP) is 2.09. The third-order valence-corrected chi connectivity index (χ3v) is 2.22. The molecular formula is C13H14N4O4. The van der Waals surface area contributed by atoms with Gasteiger partial charge in [0.25, 0.3) is 5.69 Å². The molecule has 0 fully saturated rings. The zero-order chi connectivity index (χ0) is 15.8. The second-order valence-electron chi connectivity index (χ2n) is 4.48. The van der Waals surface area contributed by atoms with Crippen LogP contribution in [0.15, 0.2) is 29.4 Å². The van der Waals surface area contributed by atoms with Crippen molar-refractivity contribution in [2.24, 2.45) is 11.0 Å². The smallest absolute Gasteiger partial charge is 0.369 e. The molecule has 0 heterocycles. The summed E-state index contributed by atoms with van der Waals surface area (Å²) in [5.41, 5.74) is 2.39. The molecular weight excluding hydrogens is 276 g/mol. The first-order chi connectivity index (χ1) is 9.93. The van der Waals surface area contributed by atoms with Crippen LogP contribution in [0, 0.1) is 27.4 Å². The normalized spacial score (nSPS) is 10.9. The van der Waals surface area contributed by atoms with E-state index in [1.54, 1.807) is 6.07 Å². The van der Waals surface area contributed by atoms with Crippen molar-refractivity contribution < 1.29 is 14.5 Å². The molecule has 1 aromatic rings. The van der Waals surface area contributed by atoms with Crippen LogP contribution in [0.1, 0.15) is 13.8 Å². The van der Waals surface area contributed by atoms with Gasteiger partial charge in [-0.05, 0) is 18.1 Å². The van der Waals surface area contributed by atoms with Crippen LogP contribution >= 0.6 is 0 Å². The topological polar surface area (TPSA) is 118 Å². The van der Waals surface area contributed by atoms with Crippen LogP contribution in [0.4, 0.5) is 11.4 Å². The number of nitro groups is 1. The molecule has 0 bridgehead atoms. The van der Waals surface area contributed by atoms with Gasteiger partial charge in [0.15, 0.2) is 0 Å². The summed E-state index contributed by atoms with van der Waals surface area (Å²) in [6.07, 6.45) is 0. The number of nitrogens with zero attached hydrogens (tertiary/aromatic N) is 3. The molecule has 0 saturated heterocycles. The summed E-state index contributed by atoms with van der Waals surface area (Å²) < 4.78 is 4.87. The van der Waals surface area contributed by atoms with Crippen LogP contribution in [0.5, 0.6) is 0 Å². The first-order valence-electron chi connectivity index (χ1n) is 6.09. The van der Waals surface area contributed by atoms with Crippen molar-refractivity contribution in [3.63, 3.8) is 0 Å². The summed E-state index contributed by atoms with van der Waals surface area (Å²) in [6.45, 7) is 3.92. The molecule has 1 aromatic carbocycles. The highest BCUT2D eigenvalue weighted by Crippen LogP contribution is 2.15. The van der Waals surface area contributed by atoms with Gasteiger partial charge in [0.05, 0.1) is 17.2 Å². The largest absolute Gasteiger partial charge is 0.460 e. The number of esters is 1. The Hall–Kier alpha value is -2.95. The SMILES string of the molecule is CC(C)COC(=O)/C(C#N)=N\Nc1ccc([N+](=O)[O-])cc1. The lowest BCUT2D eigenvalue weighted by Crippen LogP contribution is -2.19. The van der Waals surface area contributed by atoms with Crippen molar-refractivity contribution in [1.82, 2.24) is 0 Å². The van der Waals surface area contributed by atoms with E-state index in [0.29, 0.717) is 5.69 Å². The van der Waals surface area contributed by atoms with E-state index in [-0.39, 0.29) is 18.2 Å². The van der Waals surface area contributed by atoms with E-state index in [1.165, 1.54) is 24.3 Å².